The lowest BCUT2D eigenvalue weighted by Gasteiger charge is -2.21. The Morgan fingerprint density at radius 1 is 1.37 bits per heavy atom. The molecule has 0 atom stereocenters. The van der Waals surface area contributed by atoms with E-state index in [2.05, 4.69) is 33.3 Å². The molecule has 3 heteroatoms. The molecule has 3 rings (SSSR count). The fraction of sp³-hybridized carbons (Fsp3) is 0.562. The van der Waals surface area contributed by atoms with E-state index < -0.39 is 0 Å². The molecule has 0 bridgehead atoms. The molecule has 0 aromatic carbocycles. The van der Waals surface area contributed by atoms with Crippen molar-refractivity contribution in [2.45, 2.75) is 38.3 Å². The van der Waals surface area contributed by atoms with Crippen molar-refractivity contribution in [3.63, 3.8) is 0 Å². The second-order valence-electron chi connectivity index (χ2n) is 5.71. The average molecular weight is 255 g/mol. The van der Waals surface area contributed by atoms with Gasteiger partial charge in [0.05, 0.1) is 6.54 Å². The van der Waals surface area contributed by atoms with Crippen LogP contribution in [0, 0.1) is 18.3 Å². The molecule has 0 saturated heterocycles. The molecule has 19 heavy (non-hydrogen) atoms. The van der Waals surface area contributed by atoms with Gasteiger partial charge in [-0.1, -0.05) is 5.92 Å². The van der Waals surface area contributed by atoms with Crippen molar-refractivity contribution >= 4 is 5.82 Å². The second-order valence-corrected chi connectivity index (χ2v) is 5.71. The minimum Gasteiger partial charge on any atom is -0.345 e. The van der Waals surface area contributed by atoms with E-state index in [9.17, 15) is 0 Å². The summed E-state index contributed by atoms with van der Waals surface area (Å²) in [7, 11) is 0. The minimum absolute atomic E-state index is 0.656. The summed E-state index contributed by atoms with van der Waals surface area (Å²) in [6.07, 6.45) is 12.7. The molecule has 0 amide bonds. The van der Waals surface area contributed by atoms with Crippen LogP contribution >= 0.6 is 0 Å². The molecule has 0 radical (unpaired) electrons. The smallest absolute Gasteiger partial charge is 0.129 e. The normalized spacial score (nSPS) is 18.1. The van der Waals surface area contributed by atoms with Crippen LogP contribution in [0.2, 0.25) is 0 Å². The standard InChI is InChI=1S/C16H21N3/c1-2-9-19(12-13-3-4-13)16-10-14(7-8-17-16)11-18-15-5-6-15/h1,7-8,10,13,15,18H,3-6,9,11-12H2. The van der Waals surface area contributed by atoms with E-state index >= 15 is 0 Å². The summed E-state index contributed by atoms with van der Waals surface area (Å²) in [5.74, 6) is 4.60. The summed E-state index contributed by atoms with van der Waals surface area (Å²) in [6, 6.07) is 5.00. The van der Waals surface area contributed by atoms with Crippen molar-refractivity contribution in [1.82, 2.24) is 10.3 Å². The summed E-state index contributed by atoms with van der Waals surface area (Å²) in [5, 5.41) is 3.54. The number of hydrogen-bond acceptors (Lipinski definition) is 3. The van der Waals surface area contributed by atoms with Gasteiger partial charge in [0.2, 0.25) is 0 Å². The molecule has 2 fully saturated rings. The first-order valence-electron chi connectivity index (χ1n) is 7.22. The number of nitrogens with zero attached hydrogens (tertiary/aromatic N) is 2. The van der Waals surface area contributed by atoms with Gasteiger partial charge in [-0.15, -0.1) is 6.42 Å². The molecule has 2 aliphatic rings. The molecule has 0 unspecified atom stereocenters. The van der Waals surface area contributed by atoms with Crippen LogP contribution in [-0.2, 0) is 6.54 Å². The first kappa shape index (κ1) is 12.5. The fourth-order valence-electron chi connectivity index (χ4n) is 2.25. The summed E-state index contributed by atoms with van der Waals surface area (Å²) in [6.45, 7) is 2.65. The molecule has 100 valence electrons. The van der Waals surface area contributed by atoms with Gasteiger partial charge in [-0.2, -0.15) is 0 Å². The van der Waals surface area contributed by atoms with Crippen molar-refractivity contribution < 1.29 is 0 Å². The predicted molar refractivity (Wildman–Crippen MR) is 77.9 cm³/mol. The lowest BCUT2D eigenvalue weighted by atomic mass is 10.2. The molecule has 1 N–H and O–H groups in total. The predicted octanol–water partition coefficient (Wildman–Crippen LogP) is 2.18. The van der Waals surface area contributed by atoms with Crippen molar-refractivity contribution in [2.75, 3.05) is 18.0 Å². The highest BCUT2D eigenvalue weighted by atomic mass is 15.2. The highest BCUT2D eigenvalue weighted by molar-refractivity contribution is 5.42. The Kier molecular flexibility index (Phi) is 3.70. The number of nitrogens with one attached hydrogen (secondary N) is 1. The van der Waals surface area contributed by atoms with Crippen molar-refractivity contribution in [1.29, 1.82) is 0 Å². The van der Waals surface area contributed by atoms with E-state index in [4.69, 9.17) is 6.42 Å². The van der Waals surface area contributed by atoms with E-state index in [0.717, 1.165) is 30.9 Å². The zero-order chi connectivity index (χ0) is 13.1. The summed E-state index contributed by atoms with van der Waals surface area (Å²) in [4.78, 5) is 6.72. The van der Waals surface area contributed by atoms with Crippen molar-refractivity contribution in [3.05, 3.63) is 23.9 Å². The van der Waals surface area contributed by atoms with E-state index in [1.165, 1.54) is 31.2 Å². The number of aromatic nitrogens is 1. The van der Waals surface area contributed by atoms with Gasteiger partial charge in [-0.25, -0.2) is 4.98 Å². The minimum atomic E-state index is 0.656. The topological polar surface area (TPSA) is 28.2 Å². The van der Waals surface area contributed by atoms with Crippen molar-refractivity contribution in [3.8, 4) is 12.3 Å². The Labute approximate surface area is 115 Å². The Morgan fingerprint density at radius 2 is 2.21 bits per heavy atom. The third-order valence-corrected chi connectivity index (χ3v) is 3.76. The Hall–Kier alpha value is -1.53. The summed E-state index contributed by atoms with van der Waals surface area (Å²) in [5.41, 5.74) is 1.30. The molecular formula is C16H21N3. The molecule has 1 aromatic heterocycles. The van der Waals surface area contributed by atoms with Crippen LogP contribution in [0.4, 0.5) is 5.82 Å². The van der Waals surface area contributed by atoms with E-state index in [-0.39, 0.29) is 0 Å². The van der Waals surface area contributed by atoms with Gasteiger partial charge in [0.25, 0.3) is 0 Å². The highest BCUT2D eigenvalue weighted by Gasteiger charge is 2.25. The van der Waals surface area contributed by atoms with Gasteiger partial charge in [0.1, 0.15) is 5.82 Å². The third-order valence-electron chi connectivity index (χ3n) is 3.76. The molecular weight excluding hydrogens is 234 g/mol. The molecule has 3 nitrogen and oxygen atoms in total. The van der Waals surface area contributed by atoms with Crippen LogP contribution in [-0.4, -0.2) is 24.1 Å². The van der Waals surface area contributed by atoms with Crippen LogP contribution in [0.15, 0.2) is 18.3 Å². The lowest BCUT2D eigenvalue weighted by molar-refractivity contribution is 0.685. The maximum atomic E-state index is 5.48. The molecule has 1 aromatic rings. The number of anilines is 1. The molecule has 1 heterocycles. The van der Waals surface area contributed by atoms with E-state index in [1.807, 2.05) is 6.20 Å². The van der Waals surface area contributed by atoms with Crippen LogP contribution in [0.3, 0.4) is 0 Å². The fourth-order valence-corrected chi connectivity index (χ4v) is 2.25. The largest absolute Gasteiger partial charge is 0.345 e. The van der Waals surface area contributed by atoms with E-state index in [1.54, 1.807) is 0 Å². The Morgan fingerprint density at radius 3 is 2.89 bits per heavy atom. The summed E-state index contributed by atoms with van der Waals surface area (Å²) >= 11 is 0. The quantitative estimate of drug-likeness (QED) is 0.757. The van der Waals surface area contributed by atoms with Gasteiger partial charge in [0.15, 0.2) is 0 Å². The maximum absolute atomic E-state index is 5.48. The third kappa shape index (κ3) is 3.71. The van der Waals surface area contributed by atoms with Gasteiger partial charge in [-0.05, 0) is 49.3 Å². The van der Waals surface area contributed by atoms with Crippen molar-refractivity contribution in [2.24, 2.45) is 5.92 Å². The lowest BCUT2D eigenvalue weighted by Crippen LogP contribution is -2.27. The van der Waals surface area contributed by atoms with E-state index in [0.29, 0.717) is 6.54 Å². The Bertz CT molecular complexity index is 469. The first-order valence-corrected chi connectivity index (χ1v) is 7.22. The van der Waals surface area contributed by atoms with Gasteiger partial charge in [-0.3, -0.25) is 0 Å². The number of pyridine rings is 1. The zero-order valence-corrected chi connectivity index (χ0v) is 11.3. The second kappa shape index (κ2) is 5.63. The Balaban J connectivity index is 1.65. The molecule has 0 aliphatic heterocycles. The highest BCUT2D eigenvalue weighted by Crippen LogP contribution is 2.31. The number of terminal acetylenes is 1. The van der Waals surface area contributed by atoms with Crippen LogP contribution < -0.4 is 10.2 Å². The van der Waals surface area contributed by atoms with Gasteiger partial charge >= 0.3 is 0 Å². The molecule has 2 saturated carbocycles. The maximum Gasteiger partial charge on any atom is 0.129 e. The van der Waals surface area contributed by atoms with Gasteiger partial charge in [0, 0.05) is 25.3 Å². The number of rotatable bonds is 7. The summed E-state index contributed by atoms with van der Waals surface area (Å²) < 4.78 is 0. The van der Waals surface area contributed by atoms with Crippen LogP contribution in [0.1, 0.15) is 31.2 Å². The van der Waals surface area contributed by atoms with Gasteiger partial charge < -0.3 is 10.2 Å². The number of hydrogen-bond donors (Lipinski definition) is 1. The molecule has 0 spiro atoms. The van der Waals surface area contributed by atoms with Crippen LogP contribution in [0.5, 0.6) is 0 Å². The SMILES string of the molecule is C#CCN(CC1CC1)c1cc(CNC2CC2)ccn1. The zero-order valence-electron chi connectivity index (χ0n) is 11.3. The average Bonchev–Trinajstić information content (AvgIpc) is 3.31. The first-order chi connectivity index (χ1) is 9.35. The van der Waals surface area contributed by atoms with Crippen LogP contribution in [0.25, 0.3) is 0 Å². The monoisotopic (exact) mass is 255 g/mol. The molecule has 2 aliphatic carbocycles.